The van der Waals surface area contributed by atoms with E-state index in [4.69, 9.17) is 4.74 Å². The first kappa shape index (κ1) is 17.0. The molecule has 0 unspecified atom stereocenters. The topological polar surface area (TPSA) is 38.3 Å². The lowest BCUT2D eigenvalue weighted by Gasteiger charge is -2.16. The average Bonchev–Trinajstić information content (AvgIpc) is 2.53. The van der Waals surface area contributed by atoms with Crippen LogP contribution in [0.4, 0.5) is 4.39 Å². The van der Waals surface area contributed by atoms with Gasteiger partial charge in [0.1, 0.15) is 18.2 Å². The van der Waals surface area contributed by atoms with Crippen molar-refractivity contribution in [3.8, 4) is 5.75 Å². The molecular weight excluding hydrogens is 293 g/mol. The molecule has 4 heteroatoms. The third-order valence-electron chi connectivity index (χ3n) is 3.54. The summed E-state index contributed by atoms with van der Waals surface area (Å²) in [6, 6.07) is 13.9. The van der Waals surface area contributed by atoms with Crippen LogP contribution >= 0.6 is 0 Å². The monoisotopic (exact) mass is 315 g/mol. The first-order chi connectivity index (χ1) is 11.0. The van der Waals surface area contributed by atoms with Crippen LogP contribution in [0.5, 0.6) is 5.75 Å². The van der Waals surface area contributed by atoms with E-state index >= 15 is 0 Å². The quantitative estimate of drug-likeness (QED) is 0.847. The highest BCUT2D eigenvalue weighted by Crippen LogP contribution is 2.16. The zero-order valence-corrected chi connectivity index (χ0v) is 13.5. The molecule has 23 heavy (non-hydrogen) atoms. The fraction of sp³-hybridized carbons (Fsp3) is 0.316. The van der Waals surface area contributed by atoms with E-state index in [1.807, 2.05) is 38.1 Å². The Morgan fingerprint density at radius 3 is 2.57 bits per heavy atom. The lowest BCUT2D eigenvalue weighted by Crippen LogP contribution is -2.36. The molecule has 0 aliphatic heterocycles. The number of aryl methyl sites for hydroxylation is 2. The first-order valence-electron chi connectivity index (χ1n) is 7.77. The van der Waals surface area contributed by atoms with Gasteiger partial charge in [0.2, 0.25) is 5.91 Å². The van der Waals surface area contributed by atoms with Crippen LogP contribution in [0.15, 0.2) is 48.5 Å². The van der Waals surface area contributed by atoms with Gasteiger partial charge in [-0.25, -0.2) is 4.39 Å². The van der Waals surface area contributed by atoms with Gasteiger partial charge in [-0.1, -0.05) is 30.3 Å². The molecule has 2 aromatic carbocycles. The van der Waals surface area contributed by atoms with Crippen LogP contribution in [0, 0.1) is 12.7 Å². The van der Waals surface area contributed by atoms with Gasteiger partial charge in [-0.15, -0.1) is 0 Å². The van der Waals surface area contributed by atoms with Gasteiger partial charge in [-0.05, 0) is 49.6 Å². The largest absolute Gasteiger partial charge is 0.491 e. The molecule has 0 spiro atoms. The molecule has 1 amide bonds. The van der Waals surface area contributed by atoms with Crippen molar-refractivity contribution >= 4 is 5.91 Å². The van der Waals surface area contributed by atoms with E-state index in [1.165, 1.54) is 12.1 Å². The molecule has 0 saturated carbocycles. The van der Waals surface area contributed by atoms with Crippen molar-refractivity contribution < 1.29 is 13.9 Å². The predicted molar refractivity (Wildman–Crippen MR) is 89.0 cm³/mol. The molecule has 0 saturated heterocycles. The van der Waals surface area contributed by atoms with Crippen LogP contribution in [0.25, 0.3) is 0 Å². The van der Waals surface area contributed by atoms with Crippen LogP contribution in [-0.2, 0) is 11.2 Å². The Balaban J connectivity index is 1.72. The van der Waals surface area contributed by atoms with E-state index in [0.717, 1.165) is 16.9 Å². The van der Waals surface area contributed by atoms with Crippen molar-refractivity contribution in [3.63, 3.8) is 0 Å². The fourth-order valence-corrected chi connectivity index (χ4v) is 2.23. The van der Waals surface area contributed by atoms with E-state index in [9.17, 15) is 9.18 Å². The molecule has 2 aromatic rings. The fourth-order valence-electron chi connectivity index (χ4n) is 2.23. The Kier molecular flexibility index (Phi) is 6.15. The Hall–Kier alpha value is -2.36. The highest BCUT2D eigenvalue weighted by Gasteiger charge is 2.09. The second-order valence-corrected chi connectivity index (χ2v) is 5.67. The highest BCUT2D eigenvalue weighted by molar-refractivity contribution is 5.76. The second kappa shape index (κ2) is 8.32. The summed E-state index contributed by atoms with van der Waals surface area (Å²) in [7, 11) is 0. The first-order valence-corrected chi connectivity index (χ1v) is 7.77. The number of amides is 1. The molecule has 0 aliphatic carbocycles. The lowest BCUT2D eigenvalue weighted by atomic mass is 10.1. The number of hydrogen-bond acceptors (Lipinski definition) is 2. The van der Waals surface area contributed by atoms with Gasteiger partial charge in [0, 0.05) is 6.42 Å². The van der Waals surface area contributed by atoms with Gasteiger partial charge in [-0.2, -0.15) is 0 Å². The third-order valence-corrected chi connectivity index (χ3v) is 3.54. The Bertz CT molecular complexity index is 640. The summed E-state index contributed by atoms with van der Waals surface area (Å²) in [5, 5.41) is 2.91. The van der Waals surface area contributed by atoms with Crippen molar-refractivity contribution in [3.05, 3.63) is 65.5 Å². The maximum Gasteiger partial charge on any atom is 0.220 e. The zero-order chi connectivity index (χ0) is 16.7. The van der Waals surface area contributed by atoms with E-state index in [2.05, 4.69) is 5.32 Å². The van der Waals surface area contributed by atoms with E-state index in [1.54, 1.807) is 12.1 Å². The van der Waals surface area contributed by atoms with Crippen molar-refractivity contribution in [1.29, 1.82) is 0 Å². The van der Waals surface area contributed by atoms with Gasteiger partial charge in [0.05, 0.1) is 6.04 Å². The molecule has 1 atom stereocenters. The minimum Gasteiger partial charge on any atom is -0.491 e. The van der Waals surface area contributed by atoms with Crippen molar-refractivity contribution in [1.82, 2.24) is 5.32 Å². The van der Waals surface area contributed by atoms with Gasteiger partial charge in [0.15, 0.2) is 0 Å². The number of ether oxygens (including phenoxy) is 1. The number of nitrogens with one attached hydrogen (secondary N) is 1. The summed E-state index contributed by atoms with van der Waals surface area (Å²) in [6.45, 7) is 4.32. The molecule has 0 radical (unpaired) electrons. The Labute approximate surface area is 136 Å². The highest BCUT2D eigenvalue weighted by atomic mass is 19.1. The summed E-state index contributed by atoms with van der Waals surface area (Å²) in [5.74, 6) is 0.537. The van der Waals surface area contributed by atoms with Gasteiger partial charge >= 0.3 is 0 Å². The zero-order valence-electron chi connectivity index (χ0n) is 13.5. The molecule has 0 aliphatic rings. The molecule has 122 valence electrons. The number of benzene rings is 2. The van der Waals surface area contributed by atoms with Gasteiger partial charge < -0.3 is 10.1 Å². The maximum absolute atomic E-state index is 12.8. The normalized spacial score (nSPS) is 11.8. The smallest absolute Gasteiger partial charge is 0.220 e. The van der Waals surface area contributed by atoms with Crippen molar-refractivity contribution in [2.24, 2.45) is 0 Å². The summed E-state index contributed by atoms with van der Waals surface area (Å²) < 4.78 is 18.5. The van der Waals surface area contributed by atoms with E-state index in [-0.39, 0.29) is 17.8 Å². The van der Waals surface area contributed by atoms with Crippen molar-refractivity contribution in [2.75, 3.05) is 6.61 Å². The molecule has 0 aromatic heterocycles. The van der Waals surface area contributed by atoms with Gasteiger partial charge in [0.25, 0.3) is 0 Å². The summed E-state index contributed by atoms with van der Waals surface area (Å²) in [6.07, 6.45) is 0.970. The standard InChI is InChI=1S/C19H22FNO2/c1-14-5-3-4-6-18(14)23-13-15(2)21-19(22)12-9-16-7-10-17(20)11-8-16/h3-8,10-11,15H,9,12-13H2,1-2H3,(H,21,22)/t15-/m1/s1. The number of carbonyl (C=O) groups is 1. The van der Waals surface area contributed by atoms with E-state index < -0.39 is 0 Å². The lowest BCUT2D eigenvalue weighted by molar-refractivity contribution is -0.121. The van der Waals surface area contributed by atoms with E-state index in [0.29, 0.717) is 19.4 Å². The number of halogens is 1. The second-order valence-electron chi connectivity index (χ2n) is 5.67. The SMILES string of the molecule is Cc1ccccc1OC[C@@H](C)NC(=O)CCc1ccc(F)cc1. The maximum atomic E-state index is 12.8. The van der Waals surface area contributed by atoms with Crippen LogP contribution in [0.1, 0.15) is 24.5 Å². The van der Waals surface area contributed by atoms with Crippen LogP contribution in [-0.4, -0.2) is 18.6 Å². The summed E-state index contributed by atoms with van der Waals surface area (Å²) >= 11 is 0. The molecule has 0 bridgehead atoms. The number of rotatable bonds is 7. The van der Waals surface area contributed by atoms with Crippen molar-refractivity contribution in [2.45, 2.75) is 32.7 Å². The summed E-state index contributed by atoms with van der Waals surface area (Å²) in [5.41, 5.74) is 2.02. The minimum absolute atomic E-state index is 0.0322. The molecule has 3 nitrogen and oxygen atoms in total. The number of hydrogen-bond donors (Lipinski definition) is 1. The Morgan fingerprint density at radius 2 is 1.87 bits per heavy atom. The average molecular weight is 315 g/mol. The molecule has 0 heterocycles. The molecular formula is C19H22FNO2. The number of para-hydroxylation sites is 1. The van der Waals surface area contributed by atoms with Crippen LogP contribution in [0.3, 0.4) is 0 Å². The predicted octanol–water partition coefficient (Wildman–Crippen LogP) is 3.65. The number of carbonyl (C=O) groups excluding carboxylic acids is 1. The molecule has 2 rings (SSSR count). The van der Waals surface area contributed by atoms with Crippen LogP contribution < -0.4 is 10.1 Å². The minimum atomic E-state index is -0.264. The molecule has 1 N–H and O–H groups in total. The van der Waals surface area contributed by atoms with Gasteiger partial charge in [-0.3, -0.25) is 4.79 Å². The summed E-state index contributed by atoms with van der Waals surface area (Å²) in [4.78, 5) is 11.9. The molecule has 0 fully saturated rings. The Morgan fingerprint density at radius 1 is 1.17 bits per heavy atom. The third kappa shape index (κ3) is 5.74. The van der Waals surface area contributed by atoms with Crippen LogP contribution in [0.2, 0.25) is 0 Å².